The number of halogens is 1. The average molecular weight is 472 g/mol. The fraction of sp³-hybridized carbons (Fsp3) is 0.400. The van der Waals surface area contributed by atoms with Gasteiger partial charge in [-0.05, 0) is 23.5 Å². The van der Waals surface area contributed by atoms with Crippen molar-refractivity contribution >= 4 is 35.3 Å². The Balaban J connectivity index is 2.07. The maximum atomic E-state index is 11.9. The van der Waals surface area contributed by atoms with E-state index in [1.807, 2.05) is 25.3 Å². The minimum atomic E-state index is -0.953. The first-order valence-electron chi connectivity index (χ1n) is 10.7. The number of aryl methyl sites for hydroxylation is 2. The number of carbonyl (C=O) groups excluding carboxylic acids is 1. The van der Waals surface area contributed by atoms with Crippen molar-refractivity contribution < 1.29 is 19.0 Å². The largest absolute Gasteiger partial charge is 0.511 e. The van der Waals surface area contributed by atoms with E-state index in [4.69, 9.17) is 25.8 Å². The van der Waals surface area contributed by atoms with Crippen molar-refractivity contribution in [1.82, 2.24) is 9.78 Å². The number of carbonyl (C=O) groups is 1. The number of aliphatic imine (C=N–C) groups is 1. The number of ether oxygens (including phenoxy) is 3. The van der Waals surface area contributed by atoms with Gasteiger partial charge in [-0.2, -0.15) is 5.10 Å². The van der Waals surface area contributed by atoms with Gasteiger partial charge < -0.3 is 14.2 Å². The molecule has 2 atom stereocenters. The SMILES string of the molecule is C=CCOC(=O)OC(C)O/C(=C(\c1ccc(C(C)(C)C)cc1)C1C=N1)c1c(Cl)c(C)nn1C. The molecule has 0 saturated carbocycles. The molecule has 1 aromatic carbocycles. The van der Waals surface area contributed by atoms with Gasteiger partial charge in [0.15, 0.2) is 5.76 Å². The van der Waals surface area contributed by atoms with E-state index in [1.165, 1.54) is 11.6 Å². The molecule has 0 radical (unpaired) electrons. The second kappa shape index (κ2) is 9.83. The lowest BCUT2D eigenvalue weighted by molar-refractivity contribution is -0.0649. The summed E-state index contributed by atoms with van der Waals surface area (Å²) in [4.78, 5) is 16.3. The molecule has 0 amide bonds. The van der Waals surface area contributed by atoms with Crippen molar-refractivity contribution in [2.75, 3.05) is 6.61 Å². The lowest BCUT2D eigenvalue weighted by Crippen LogP contribution is -2.20. The molecule has 3 rings (SSSR count). The van der Waals surface area contributed by atoms with Crippen LogP contribution in [0.3, 0.4) is 0 Å². The van der Waals surface area contributed by atoms with E-state index in [0.717, 1.165) is 11.1 Å². The lowest BCUT2D eigenvalue weighted by Gasteiger charge is -2.22. The quantitative estimate of drug-likeness (QED) is 0.213. The number of hydrogen-bond acceptors (Lipinski definition) is 6. The number of hydrogen-bond donors (Lipinski definition) is 0. The van der Waals surface area contributed by atoms with Crippen LogP contribution < -0.4 is 0 Å². The average Bonchev–Trinajstić information content (AvgIpc) is 3.53. The summed E-state index contributed by atoms with van der Waals surface area (Å²) in [5, 5.41) is 4.89. The Labute approximate surface area is 199 Å². The van der Waals surface area contributed by atoms with Gasteiger partial charge in [0, 0.05) is 25.8 Å². The van der Waals surface area contributed by atoms with E-state index in [2.05, 4.69) is 49.6 Å². The van der Waals surface area contributed by atoms with Gasteiger partial charge in [0.05, 0.1) is 10.7 Å². The van der Waals surface area contributed by atoms with E-state index >= 15 is 0 Å². The topological polar surface area (TPSA) is 74.9 Å². The van der Waals surface area contributed by atoms with E-state index in [1.54, 1.807) is 18.7 Å². The molecule has 0 bridgehead atoms. The second-order valence-corrected chi connectivity index (χ2v) is 9.22. The molecule has 0 N–H and O–H groups in total. The zero-order valence-corrected chi connectivity index (χ0v) is 20.6. The van der Waals surface area contributed by atoms with Gasteiger partial charge in [0.1, 0.15) is 18.3 Å². The lowest BCUT2D eigenvalue weighted by atomic mass is 9.86. The minimum Gasteiger partial charge on any atom is -0.452 e. The molecule has 176 valence electrons. The fourth-order valence-corrected chi connectivity index (χ4v) is 3.64. The Bertz CT molecular complexity index is 1090. The van der Waals surface area contributed by atoms with Crippen molar-refractivity contribution in [1.29, 1.82) is 0 Å². The molecule has 2 unspecified atom stereocenters. The monoisotopic (exact) mass is 471 g/mol. The maximum Gasteiger partial charge on any atom is 0.511 e. The molecule has 2 heterocycles. The molecule has 0 saturated heterocycles. The van der Waals surface area contributed by atoms with Crippen LogP contribution in [-0.4, -0.2) is 41.1 Å². The highest BCUT2D eigenvalue weighted by molar-refractivity contribution is 6.33. The first-order valence-corrected chi connectivity index (χ1v) is 11.1. The molecule has 2 aromatic rings. The molecule has 7 nitrogen and oxygen atoms in total. The maximum absolute atomic E-state index is 11.9. The molecule has 33 heavy (non-hydrogen) atoms. The third kappa shape index (κ3) is 5.85. The van der Waals surface area contributed by atoms with Crippen molar-refractivity contribution in [2.45, 2.75) is 52.4 Å². The van der Waals surface area contributed by atoms with Crippen molar-refractivity contribution in [3.05, 3.63) is 64.5 Å². The predicted octanol–water partition coefficient (Wildman–Crippen LogP) is 5.70. The van der Waals surface area contributed by atoms with Crippen molar-refractivity contribution in [3.63, 3.8) is 0 Å². The molecule has 1 aliphatic rings. The Kier molecular flexibility index (Phi) is 7.32. The van der Waals surface area contributed by atoms with Crippen LogP contribution in [0.4, 0.5) is 4.79 Å². The van der Waals surface area contributed by atoms with Crippen LogP contribution in [0.15, 0.2) is 41.9 Å². The zero-order valence-electron chi connectivity index (χ0n) is 19.9. The van der Waals surface area contributed by atoms with Gasteiger partial charge in [-0.15, -0.1) is 0 Å². The third-order valence-electron chi connectivity index (χ3n) is 5.13. The first-order chi connectivity index (χ1) is 15.5. The van der Waals surface area contributed by atoms with Gasteiger partial charge in [0.2, 0.25) is 6.29 Å². The molecule has 1 aromatic heterocycles. The Morgan fingerprint density at radius 2 is 1.91 bits per heavy atom. The summed E-state index contributed by atoms with van der Waals surface area (Å²) in [5.74, 6) is 0.443. The van der Waals surface area contributed by atoms with Gasteiger partial charge in [-0.3, -0.25) is 9.67 Å². The first kappa shape index (κ1) is 24.6. The van der Waals surface area contributed by atoms with Crippen LogP contribution in [0.25, 0.3) is 11.3 Å². The highest BCUT2D eigenvalue weighted by atomic mass is 35.5. The Morgan fingerprint density at radius 1 is 1.27 bits per heavy atom. The van der Waals surface area contributed by atoms with E-state index in [0.29, 0.717) is 22.2 Å². The van der Waals surface area contributed by atoms with Gasteiger partial charge in [0.25, 0.3) is 0 Å². The third-order valence-corrected chi connectivity index (χ3v) is 5.58. The van der Waals surface area contributed by atoms with E-state index in [-0.39, 0.29) is 18.1 Å². The minimum absolute atomic E-state index is 0.0223. The van der Waals surface area contributed by atoms with Crippen LogP contribution >= 0.6 is 11.6 Å². The summed E-state index contributed by atoms with van der Waals surface area (Å²) in [5.41, 5.74) is 4.21. The Morgan fingerprint density at radius 3 is 2.39 bits per heavy atom. The molecule has 0 spiro atoms. The molecular weight excluding hydrogens is 442 g/mol. The smallest absolute Gasteiger partial charge is 0.452 e. The normalized spacial score (nSPS) is 16.6. The number of benzene rings is 1. The van der Waals surface area contributed by atoms with Crippen LogP contribution in [0, 0.1) is 6.92 Å². The summed E-state index contributed by atoms with van der Waals surface area (Å²) >= 11 is 6.63. The van der Waals surface area contributed by atoms with Crippen LogP contribution in [-0.2, 0) is 26.7 Å². The highest BCUT2D eigenvalue weighted by Crippen LogP contribution is 2.39. The molecule has 1 aliphatic heterocycles. The summed E-state index contributed by atoms with van der Waals surface area (Å²) in [6.45, 7) is 13.5. The van der Waals surface area contributed by atoms with Crippen LogP contribution in [0.2, 0.25) is 5.02 Å². The standard InChI is InChI=1S/C25H30ClN3O4/c1-8-13-31-24(30)33-16(3)32-23(22-21(26)15(2)28-29(22)7)20(19-14-27-19)17-9-11-18(12-10-17)25(4,5)6/h8-12,14,16,19H,1,13H2,2-7H3/b23-20+. The second-order valence-electron chi connectivity index (χ2n) is 8.84. The van der Waals surface area contributed by atoms with Gasteiger partial charge in [-0.25, -0.2) is 4.79 Å². The number of aromatic nitrogens is 2. The van der Waals surface area contributed by atoms with E-state index < -0.39 is 12.4 Å². The van der Waals surface area contributed by atoms with Crippen molar-refractivity contribution in [3.8, 4) is 0 Å². The fourth-order valence-electron chi connectivity index (χ4n) is 3.39. The van der Waals surface area contributed by atoms with Crippen LogP contribution in [0.1, 0.15) is 50.2 Å². The molecular formula is C25H30ClN3O4. The summed E-state index contributed by atoms with van der Waals surface area (Å²) in [6, 6.07) is 8.10. The number of rotatable bonds is 8. The number of nitrogens with zero attached hydrogens (tertiary/aromatic N) is 3. The van der Waals surface area contributed by atoms with E-state index in [9.17, 15) is 4.79 Å². The predicted molar refractivity (Wildman–Crippen MR) is 130 cm³/mol. The van der Waals surface area contributed by atoms with Crippen molar-refractivity contribution in [2.24, 2.45) is 12.0 Å². The van der Waals surface area contributed by atoms with Crippen LogP contribution in [0.5, 0.6) is 0 Å². The molecule has 0 aliphatic carbocycles. The summed E-state index contributed by atoms with van der Waals surface area (Å²) in [7, 11) is 1.79. The van der Waals surface area contributed by atoms with Gasteiger partial charge in [-0.1, -0.05) is 69.3 Å². The molecule has 0 fully saturated rings. The summed E-state index contributed by atoms with van der Waals surface area (Å²) in [6.07, 6.45) is 1.48. The zero-order chi connectivity index (χ0) is 24.3. The van der Waals surface area contributed by atoms with Gasteiger partial charge >= 0.3 is 6.16 Å². The molecule has 8 heteroatoms. The summed E-state index contributed by atoms with van der Waals surface area (Å²) < 4.78 is 18.0. The Hall–Kier alpha value is -3.06. The highest BCUT2D eigenvalue weighted by Gasteiger charge is 2.31.